The van der Waals surface area contributed by atoms with Crippen LogP contribution < -0.4 is 19.5 Å². The van der Waals surface area contributed by atoms with Gasteiger partial charge < -0.3 is 25.0 Å². The highest BCUT2D eigenvalue weighted by Gasteiger charge is 2.39. The number of amides is 1. The summed E-state index contributed by atoms with van der Waals surface area (Å²) in [6.45, 7) is 7.10. The Hall–Kier alpha value is -3.21. The average molecular weight is 759 g/mol. The quantitative estimate of drug-likeness (QED) is 0.119. The Morgan fingerprint density at radius 1 is 1.00 bits per heavy atom. The van der Waals surface area contributed by atoms with E-state index in [0.717, 1.165) is 16.5 Å². The Morgan fingerprint density at radius 3 is 2.37 bits per heavy atom. The van der Waals surface area contributed by atoms with Gasteiger partial charge in [-0.3, -0.25) is 9.52 Å². The van der Waals surface area contributed by atoms with Gasteiger partial charge in [0.15, 0.2) is 0 Å². The molecule has 1 atom stereocenters. The van der Waals surface area contributed by atoms with Crippen LogP contribution in [0.2, 0.25) is 5.02 Å². The lowest BCUT2D eigenvalue weighted by atomic mass is 9.78. The number of thiophene rings is 1. The minimum atomic E-state index is -4.91. The van der Waals surface area contributed by atoms with E-state index in [4.69, 9.17) is 16.3 Å². The summed E-state index contributed by atoms with van der Waals surface area (Å²) >= 11 is 8.55. The highest BCUT2D eigenvalue weighted by atomic mass is 35.5. The van der Waals surface area contributed by atoms with Gasteiger partial charge in [-0.25, -0.2) is 8.42 Å². The largest absolute Gasteiger partial charge is 0.573 e. The molecule has 0 radical (unpaired) electrons. The van der Waals surface area contributed by atoms with Gasteiger partial charge in [0.1, 0.15) is 11.5 Å². The highest BCUT2D eigenvalue weighted by molar-refractivity contribution is 8.00. The Kier molecular flexibility index (Phi) is 10.5. The summed E-state index contributed by atoms with van der Waals surface area (Å²) in [4.78, 5) is 13.7. The SMILES string of the molecule is CC(C)Oc1cc(OC(F)(F)F)cc(C(C)(C)c2cc(Cl)cc(NC(=O)c3cc4cc(NS(=O)(=O)C5CCSC(O)(O)C5)ccc4s3)c2)c1. The summed E-state index contributed by atoms with van der Waals surface area (Å²) in [5.41, 5.74) is 0.750. The molecule has 0 saturated carbocycles. The number of ether oxygens (including phenoxy) is 2. The molecule has 16 heteroatoms. The Bertz CT molecular complexity index is 1980. The van der Waals surface area contributed by atoms with Crippen molar-refractivity contribution < 1.29 is 46.1 Å². The smallest absolute Gasteiger partial charge is 0.491 e. The van der Waals surface area contributed by atoms with Gasteiger partial charge in [0.2, 0.25) is 15.1 Å². The van der Waals surface area contributed by atoms with Crippen molar-refractivity contribution in [3.05, 3.63) is 81.7 Å². The van der Waals surface area contributed by atoms with Crippen LogP contribution in [0.5, 0.6) is 11.5 Å². The third kappa shape index (κ3) is 9.32. The number of alkyl halides is 3. The zero-order chi connectivity index (χ0) is 35.9. The average Bonchev–Trinajstić information content (AvgIpc) is 3.38. The summed E-state index contributed by atoms with van der Waals surface area (Å²) in [5, 5.41) is 20.5. The van der Waals surface area contributed by atoms with Crippen molar-refractivity contribution in [1.29, 1.82) is 0 Å². The Morgan fingerprint density at radius 2 is 1.69 bits per heavy atom. The number of fused-ring (bicyclic) bond motifs is 1. The maximum atomic E-state index is 13.4. The minimum absolute atomic E-state index is 0.196. The first-order valence-electron chi connectivity index (χ1n) is 15.0. The summed E-state index contributed by atoms with van der Waals surface area (Å²) in [6, 6.07) is 15.4. The lowest BCUT2D eigenvalue weighted by molar-refractivity contribution is -0.274. The molecule has 0 spiro atoms. The molecule has 9 nitrogen and oxygen atoms in total. The minimum Gasteiger partial charge on any atom is -0.491 e. The number of carbonyl (C=O) groups is 1. The number of thioether (sulfide) groups is 1. The monoisotopic (exact) mass is 758 g/mol. The van der Waals surface area contributed by atoms with Crippen molar-refractivity contribution in [1.82, 2.24) is 0 Å². The van der Waals surface area contributed by atoms with Gasteiger partial charge in [0, 0.05) is 39.0 Å². The van der Waals surface area contributed by atoms with Gasteiger partial charge >= 0.3 is 6.36 Å². The van der Waals surface area contributed by atoms with E-state index >= 15 is 0 Å². The number of hydrogen-bond acceptors (Lipinski definition) is 9. The van der Waals surface area contributed by atoms with E-state index in [1.807, 2.05) is 0 Å². The van der Waals surface area contributed by atoms with Gasteiger partial charge in [-0.05, 0) is 97.1 Å². The summed E-state index contributed by atoms with van der Waals surface area (Å²) in [7, 11) is -3.92. The lowest BCUT2D eigenvalue weighted by Crippen LogP contribution is -2.40. The summed E-state index contributed by atoms with van der Waals surface area (Å²) in [6.07, 6.45) is -5.27. The fourth-order valence-electron chi connectivity index (χ4n) is 5.39. The highest BCUT2D eigenvalue weighted by Crippen LogP contribution is 2.40. The van der Waals surface area contributed by atoms with Crippen molar-refractivity contribution in [3.8, 4) is 11.5 Å². The maximum Gasteiger partial charge on any atom is 0.573 e. The molecular formula is C33H34ClF3N2O7S3. The van der Waals surface area contributed by atoms with Crippen molar-refractivity contribution in [2.24, 2.45) is 0 Å². The number of carbonyl (C=O) groups excluding carboxylic acids is 1. The number of aliphatic hydroxyl groups is 2. The fraction of sp³-hybridized carbons (Fsp3) is 0.364. The molecule has 264 valence electrons. The van der Waals surface area contributed by atoms with Crippen LogP contribution in [0, 0.1) is 0 Å². The third-order valence-electron chi connectivity index (χ3n) is 7.79. The molecule has 4 aromatic rings. The van der Waals surface area contributed by atoms with Crippen LogP contribution in [0.3, 0.4) is 0 Å². The van der Waals surface area contributed by atoms with E-state index in [0.29, 0.717) is 27.1 Å². The zero-order valence-corrected chi connectivity index (χ0v) is 29.9. The standard InChI is InChI=1S/C33H34ClF3N2O7S3/c1-18(2)45-25-13-21(14-26(16-25)46-33(35,36)37)31(3,4)20-11-22(34)15-24(12-20)38-30(40)29-10-19-9-23(5-6-28(19)48-29)39-49(43,44)27-7-8-47-32(41,42)17-27/h5-6,9-16,18,27,39,41-42H,7-8,17H2,1-4H3,(H,38,40). The fourth-order valence-corrected chi connectivity index (χ4v) is 9.37. The van der Waals surface area contributed by atoms with E-state index < -0.39 is 43.8 Å². The van der Waals surface area contributed by atoms with Crippen molar-refractivity contribution in [3.63, 3.8) is 0 Å². The molecule has 1 aromatic heterocycles. The predicted octanol–water partition coefficient (Wildman–Crippen LogP) is 8.09. The normalized spacial score (nSPS) is 16.8. The number of rotatable bonds is 10. The second-order valence-electron chi connectivity index (χ2n) is 12.4. The number of benzene rings is 3. The molecule has 1 aliphatic heterocycles. The first-order valence-corrected chi connectivity index (χ1v) is 18.8. The molecule has 2 heterocycles. The molecular weight excluding hydrogens is 725 g/mol. The molecule has 49 heavy (non-hydrogen) atoms. The van der Waals surface area contributed by atoms with Crippen LogP contribution in [0.25, 0.3) is 10.1 Å². The van der Waals surface area contributed by atoms with Crippen LogP contribution in [-0.4, -0.2) is 53.1 Å². The Labute approximate surface area is 294 Å². The second-order valence-corrected chi connectivity index (χ2v) is 17.3. The zero-order valence-electron chi connectivity index (χ0n) is 26.7. The molecule has 4 N–H and O–H groups in total. The molecule has 1 fully saturated rings. The molecule has 1 aliphatic rings. The van der Waals surface area contributed by atoms with Gasteiger partial charge in [0.05, 0.1) is 16.2 Å². The molecule has 1 saturated heterocycles. The molecule has 1 amide bonds. The van der Waals surface area contributed by atoms with Crippen LogP contribution >= 0.6 is 34.7 Å². The van der Waals surface area contributed by atoms with Crippen molar-refractivity contribution >= 4 is 72.1 Å². The van der Waals surface area contributed by atoms with Crippen LogP contribution in [-0.2, 0) is 15.4 Å². The first-order chi connectivity index (χ1) is 22.7. The second kappa shape index (κ2) is 13.8. The predicted molar refractivity (Wildman–Crippen MR) is 187 cm³/mol. The lowest BCUT2D eigenvalue weighted by Gasteiger charge is -2.31. The van der Waals surface area contributed by atoms with Crippen molar-refractivity contribution in [2.75, 3.05) is 15.8 Å². The molecule has 1 unspecified atom stereocenters. The van der Waals surface area contributed by atoms with E-state index in [9.17, 15) is 36.6 Å². The van der Waals surface area contributed by atoms with E-state index in [1.165, 1.54) is 23.5 Å². The number of anilines is 2. The maximum absolute atomic E-state index is 13.4. The summed E-state index contributed by atoms with van der Waals surface area (Å²) in [5.74, 6) is -0.411. The number of hydrogen-bond donors (Lipinski definition) is 4. The molecule has 3 aromatic carbocycles. The first kappa shape index (κ1) is 37.1. The van der Waals surface area contributed by atoms with E-state index in [-0.39, 0.29) is 41.2 Å². The van der Waals surface area contributed by atoms with Gasteiger partial charge in [0.25, 0.3) is 5.91 Å². The van der Waals surface area contributed by atoms with Gasteiger partial charge in [-0.15, -0.1) is 24.5 Å². The molecule has 0 bridgehead atoms. The number of nitrogens with one attached hydrogen (secondary N) is 2. The van der Waals surface area contributed by atoms with E-state index in [1.54, 1.807) is 76.2 Å². The van der Waals surface area contributed by atoms with Gasteiger partial charge in [-0.2, -0.15) is 0 Å². The van der Waals surface area contributed by atoms with E-state index in [2.05, 4.69) is 14.8 Å². The molecule has 5 rings (SSSR count). The van der Waals surface area contributed by atoms with Crippen LogP contribution in [0.1, 0.15) is 61.3 Å². The third-order valence-corrected chi connectivity index (χ3v) is 12.0. The number of sulfonamides is 1. The number of halogens is 4. The van der Waals surface area contributed by atoms with Crippen LogP contribution in [0.4, 0.5) is 24.5 Å². The van der Waals surface area contributed by atoms with Crippen molar-refractivity contribution in [2.45, 2.75) is 68.8 Å². The topological polar surface area (TPSA) is 134 Å². The van der Waals surface area contributed by atoms with Crippen LogP contribution in [0.15, 0.2) is 60.7 Å². The van der Waals surface area contributed by atoms with Gasteiger partial charge in [-0.1, -0.05) is 37.2 Å². The molecule has 0 aliphatic carbocycles. The summed E-state index contributed by atoms with van der Waals surface area (Å²) < 4.78 is 78.5. The Balaban J connectivity index is 1.37.